The minimum Gasteiger partial charge on any atom is -0.466 e. The van der Waals surface area contributed by atoms with Crippen molar-refractivity contribution < 1.29 is 9.53 Å². The molecule has 2 heteroatoms. The van der Waals surface area contributed by atoms with Gasteiger partial charge in [-0.1, -0.05) is 61.5 Å². The third-order valence-electron chi connectivity index (χ3n) is 3.24. The Hall–Kier alpha value is -2.35. The van der Waals surface area contributed by atoms with E-state index in [1.54, 1.807) is 6.08 Å². The second-order valence-electron chi connectivity index (χ2n) is 4.49. The van der Waals surface area contributed by atoms with Crippen molar-refractivity contribution in [3.8, 4) is 11.1 Å². The van der Waals surface area contributed by atoms with Crippen LogP contribution in [0.25, 0.3) is 16.7 Å². The molecule has 2 aromatic carbocycles. The molecule has 0 saturated carbocycles. The number of hydrogen-bond acceptors (Lipinski definition) is 2. The number of allylic oxidation sites excluding steroid dienone is 1. The van der Waals surface area contributed by atoms with Gasteiger partial charge in [0.2, 0.25) is 0 Å². The van der Waals surface area contributed by atoms with Crippen LogP contribution in [0.3, 0.4) is 0 Å². The fourth-order valence-electron chi connectivity index (χ4n) is 2.10. The lowest BCUT2D eigenvalue weighted by atomic mass is 9.99. The van der Waals surface area contributed by atoms with Crippen LogP contribution in [0, 0.1) is 0 Å². The third-order valence-corrected chi connectivity index (χ3v) is 3.24. The maximum atomic E-state index is 11.3. The highest BCUT2D eigenvalue weighted by Gasteiger charge is 2.04. The van der Waals surface area contributed by atoms with Crippen molar-refractivity contribution in [3.05, 3.63) is 66.2 Å². The van der Waals surface area contributed by atoms with Gasteiger partial charge < -0.3 is 4.74 Å². The molecule has 102 valence electrons. The van der Waals surface area contributed by atoms with Crippen molar-refractivity contribution >= 4 is 11.5 Å². The number of ether oxygens (including phenoxy) is 1. The molecule has 0 bridgehead atoms. The molecule has 20 heavy (non-hydrogen) atoms. The molecule has 0 aliphatic carbocycles. The number of benzene rings is 2. The molecule has 0 aromatic heterocycles. The van der Waals surface area contributed by atoms with Gasteiger partial charge in [-0.15, -0.1) is 0 Å². The van der Waals surface area contributed by atoms with Gasteiger partial charge in [0.05, 0.1) is 7.11 Å². The molecule has 2 rings (SSSR count). The van der Waals surface area contributed by atoms with E-state index in [0.717, 1.165) is 17.6 Å². The summed E-state index contributed by atoms with van der Waals surface area (Å²) < 4.78 is 4.68. The van der Waals surface area contributed by atoms with E-state index >= 15 is 0 Å². The summed E-state index contributed by atoms with van der Waals surface area (Å²) in [6, 6.07) is 18.5. The predicted octanol–water partition coefficient (Wildman–Crippen LogP) is 4.32. The molecule has 0 aliphatic heterocycles. The highest BCUT2D eigenvalue weighted by Crippen LogP contribution is 2.23. The van der Waals surface area contributed by atoms with Gasteiger partial charge >= 0.3 is 5.97 Å². The normalized spacial score (nSPS) is 11.2. The summed E-state index contributed by atoms with van der Waals surface area (Å²) in [5.74, 6) is -0.311. The number of hydrogen-bond donors (Lipinski definition) is 0. The Kier molecular flexibility index (Phi) is 4.72. The molecule has 0 radical (unpaired) electrons. The minimum absolute atomic E-state index is 0.311. The fourth-order valence-corrected chi connectivity index (χ4v) is 2.10. The molecule has 0 saturated heterocycles. The second-order valence-corrected chi connectivity index (χ2v) is 4.49. The molecule has 0 fully saturated rings. The second kappa shape index (κ2) is 6.71. The van der Waals surface area contributed by atoms with Crippen molar-refractivity contribution in [1.82, 2.24) is 0 Å². The predicted molar refractivity (Wildman–Crippen MR) is 82.2 cm³/mol. The third kappa shape index (κ3) is 3.35. The molecule has 0 amide bonds. The Balaban J connectivity index is 2.28. The van der Waals surface area contributed by atoms with Gasteiger partial charge in [-0.25, -0.2) is 4.79 Å². The van der Waals surface area contributed by atoms with Crippen LogP contribution < -0.4 is 0 Å². The van der Waals surface area contributed by atoms with Crippen molar-refractivity contribution in [2.75, 3.05) is 7.11 Å². The average molecular weight is 266 g/mol. The van der Waals surface area contributed by atoms with Gasteiger partial charge in [0.1, 0.15) is 0 Å². The topological polar surface area (TPSA) is 26.3 Å². The Morgan fingerprint density at radius 3 is 2.15 bits per heavy atom. The van der Waals surface area contributed by atoms with Crippen molar-refractivity contribution in [1.29, 1.82) is 0 Å². The Labute approximate surface area is 119 Å². The highest BCUT2D eigenvalue weighted by molar-refractivity contribution is 5.91. The van der Waals surface area contributed by atoms with Crippen LogP contribution in [-0.2, 0) is 9.53 Å². The minimum atomic E-state index is -0.311. The lowest BCUT2D eigenvalue weighted by Crippen LogP contribution is -1.96. The molecule has 0 aliphatic rings. The van der Waals surface area contributed by atoms with Crippen LogP contribution in [0.1, 0.15) is 18.9 Å². The molecule has 2 aromatic rings. The Bertz CT molecular complexity index is 595. The zero-order chi connectivity index (χ0) is 14.4. The lowest BCUT2D eigenvalue weighted by molar-refractivity contribution is -0.134. The summed E-state index contributed by atoms with van der Waals surface area (Å²) >= 11 is 0. The van der Waals surface area contributed by atoms with E-state index in [9.17, 15) is 4.79 Å². The standard InChI is InChI=1S/C18H18O2/c1-3-14(13-18(19)20-2)16-9-11-17(12-10-16)15-7-5-4-6-8-15/h4-13H,3H2,1-2H3/b14-13+. The fraction of sp³-hybridized carbons (Fsp3) is 0.167. The highest BCUT2D eigenvalue weighted by atomic mass is 16.5. The van der Waals surface area contributed by atoms with Crippen molar-refractivity contribution in [2.45, 2.75) is 13.3 Å². The van der Waals surface area contributed by atoms with Crippen LogP contribution in [0.2, 0.25) is 0 Å². The molecule has 0 heterocycles. The van der Waals surface area contributed by atoms with Gasteiger partial charge in [-0.05, 0) is 28.7 Å². The van der Waals surface area contributed by atoms with E-state index in [1.165, 1.54) is 18.2 Å². The maximum Gasteiger partial charge on any atom is 0.330 e. The van der Waals surface area contributed by atoms with Gasteiger partial charge in [-0.3, -0.25) is 0 Å². The van der Waals surface area contributed by atoms with Crippen molar-refractivity contribution in [3.63, 3.8) is 0 Å². The van der Waals surface area contributed by atoms with E-state index in [1.807, 2.05) is 37.3 Å². The van der Waals surface area contributed by atoms with Crippen LogP contribution in [0.15, 0.2) is 60.7 Å². The first-order valence-electron chi connectivity index (χ1n) is 6.69. The number of methoxy groups -OCH3 is 1. The summed E-state index contributed by atoms with van der Waals surface area (Å²) in [6.07, 6.45) is 2.34. The van der Waals surface area contributed by atoms with Gasteiger partial charge in [-0.2, -0.15) is 0 Å². The summed E-state index contributed by atoms with van der Waals surface area (Å²) in [5.41, 5.74) is 4.39. The summed E-state index contributed by atoms with van der Waals surface area (Å²) in [6.45, 7) is 2.03. The Morgan fingerprint density at radius 2 is 1.60 bits per heavy atom. The van der Waals surface area contributed by atoms with Gasteiger partial charge in [0.15, 0.2) is 0 Å². The van der Waals surface area contributed by atoms with Gasteiger partial charge in [0.25, 0.3) is 0 Å². The first kappa shape index (κ1) is 14.1. The molecule has 2 nitrogen and oxygen atoms in total. The first-order chi connectivity index (χ1) is 9.74. The van der Waals surface area contributed by atoms with E-state index in [-0.39, 0.29) is 5.97 Å². The van der Waals surface area contributed by atoms with Gasteiger partial charge in [0, 0.05) is 6.08 Å². The number of carbonyl (C=O) groups is 1. The zero-order valence-electron chi connectivity index (χ0n) is 11.8. The smallest absolute Gasteiger partial charge is 0.330 e. The quantitative estimate of drug-likeness (QED) is 0.608. The van der Waals surface area contributed by atoms with Crippen LogP contribution >= 0.6 is 0 Å². The number of esters is 1. The van der Waals surface area contributed by atoms with Crippen LogP contribution in [0.4, 0.5) is 0 Å². The summed E-state index contributed by atoms with van der Waals surface area (Å²) in [4.78, 5) is 11.3. The summed E-state index contributed by atoms with van der Waals surface area (Å²) in [7, 11) is 1.39. The van der Waals surface area contributed by atoms with E-state index in [4.69, 9.17) is 0 Å². The first-order valence-corrected chi connectivity index (χ1v) is 6.69. The monoisotopic (exact) mass is 266 g/mol. The lowest BCUT2D eigenvalue weighted by Gasteiger charge is -2.07. The molecule has 0 spiro atoms. The molecular formula is C18H18O2. The Morgan fingerprint density at radius 1 is 1.00 bits per heavy atom. The SMILES string of the molecule is CC/C(=C\C(=O)OC)c1ccc(-c2ccccc2)cc1. The molecule has 0 atom stereocenters. The number of rotatable bonds is 4. The van der Waals surface area contributed by atoms with Crippen molar-refractivity contribution in [2.24, 2.45) is 0 Å². The molecule has 0 unspecified atom stereocenters. The maximum absolute atomic E-state index is 11.3. The van der Waals surface area contributed by atoms with E-state index in [0.29, 0.717) is 0 Å². The zero-order valence-corrected chi connectivity index (χ0v) is 11.8. The van der Waals surface area contributed by atoms with Crippen LogP contribution in [0.5, 0.6) is 0 Å². The van der Waals surface area contributed by atoms with E-state index < -0.39 is 0 Å². The average Bonchev–Trinajstić information content (AvgIpc) is 2.53. The molecular weight excluding hydrogens is 248 g/mol. The van der Waals surface area contributed by atoms with Crippen LogP contribution in [-0.4, -0.2) is 13.1 Å². The largest absolute Gasteiger partial charge is 0.466 e. The van der Waals surface area contributed by atoms with E-state index in [2.05, 4.69) is 29.0 Å². The molecule has 0 N–H and O–H groups in total. The summed E-state index contributed by atoms with van der Waals surface area (Å²) in [5, 5.41) is 0. The number of carbonyl (C=O) groups excluding carboxylic acids is 1.